The zero-order valence-electron chi connectivity index (χ0n) is 18.9. The summed E-state index contributed by atoms with van der Waals surface area (Å²) in [5.74, 6) is 0. The fraction of sp³-hybridized carbons (Fsp3) is 0.0323. The van der Waals surface area contributed by atoms with Crippen molar-refractivity contribution in [1.82, 2.24) is 0 Å². The van der Waals surface area contributed by atoms with E-state index in [1.165, 1.54) is 0 Å². The molecule has 0 heterocycles. The number of anilines is 2. The van der Waals surface area contributed by atoms with Crippen LogP contribution in [0.4, 0.5) is 17.1 Å². The molecule has 3 nitrogen and oxygen atoms in total. The van der Waals surface area contributed by atoms with Crippen molar-refractivity contribution < 1.29 is 0 Å². The average Bonchev–Trinajstić information content (AvgIpc) is 2.91. The van der Waals surface area contributed by atoms with Crippen molar-refractivity contribution >= 4 is 41.4 Å². The van der Waals surface area contributed by atoms with Gasteiger partial charge in [-0.2, -0.15) is 5.26 Å². The third-order valence-corrected chi connectivity index (χ3v) is 5.56. The molecule has 0 bridgehead atoms. The fourth-order valence-corrected chi connectivity index (χ4v) is 3.48. The Hall–Kier alpha value is -4.86. The number of hydrogen-bond acceptors (Lipinski definition) is 2. The number of nitriles is 1. The highest BCUT2D eigenvalue weighted by molar-refractivity contribution is 5.74. The second kappa shape index (κ2) is 10.6. The van der Waals surface area contributed by atoms with Gasteiger partial charge in [-0.25, -0.2) is 4.85 Å². The van der Waals surface area contributed by atoms with Crippen molar-refractivity contribution in [1.29, 1.82) is 5.26 Å². The van der Waals surface area contributed by atoms with Crippen molar-refractivity contribution in [2.24, 2.45) is 0 Å². The Kier molecular flexibility index (Phi) is 6.99. The highest BCUT2D eigenvalue weighted by Crippen LogP contribution is 2.25. The molecule has 3 heteroatoms. The summed E-state index contributed by atoms with van der Waals surface area (Å²) in [6.07, 6.45) is 8.24. The van der Waals surface area contributed by atoms with E-state index in [2.05, 4.69) is 89.6 Å². The minimum atomic E-state index is 0.653. The zero-order chi connectivity index (χ0) is 23.8. The molecule has 0 unspecified atom stereocenters. The molecule has 34 heavy (non-hydrogen) atoms. The van der Waals surface area contributed by atoms with Crippen molar-refractivity contribution in [3.8, 4) is 6.07 Å². The maximum Gasteiger partial charge on any atom is 0.187 e. The summed E-state index contributed by atoms with van der Waals surface area (Å²) < 4.78 is 0. The van der Waals surface area contributed by atoms with Crippen LogP contribution < -0.4 is 4.90 Å². The van der Waals surface area contributed by atoms with Gasteiger partial charge in [0.25, 0.3) is 0 Å². The maximum atomic E-state index is 8.90. The van der Waals surface area contributed by atoms with Gasteiger partial charge in [0.15, 0.2) is 5.69 Å². The van der Waals surface area contributed by atoms with Gasteiger partial charge in [-0.3, -0.25) is 0 Å². The number of rotatable bonds is 6. The minimum Gasteiger partial charge on any atom is -0.345 e. The van der Waals surface area contributed by atoms with Crippen LogP contribution in [0.1, 0.15) is 27.8 Å². The summed E-state index contributed by atoms with van der Waals surface area (Å²) in [6.45, 7) is 7.03. The molecule has 0 aromatic heterocycles. The summed E-state index contributed by atoms with van der Waals surface area (Å²) in [5.41, 5.74) is 7.91. The Morgan fingerprint density at radius 2 is 0.971 bits per heavy atom. The predicted octanol–water partition coefficient (Wildman–Crippen LogP) is 8.22. The molecule has 0 aliphatic heterocycles. The van der Waals surface area contributed by atoms with E-state index in [1.54, 1.807) is 0 Å². The van der Waals surface area contributed by atoms with Gasteiger partial charge < -0.3 is 4.90 Å². The Labute approximate surface area is 201 Å². The van der Waals surface area contributed by atoms with Gasteiger partial charge >= 0.3 is 0 Å². The van der Waals surface area contributed by atoms with Crippen LogP contribution in [0.15, 0.2) is 97.1 Å². The van der Waals surface area contributed by atoms with Crippen molar-refractivity contribution in [2.45, 2.75) is 0 Å². The molecule has 0 atom stereocenters. The van der Waals surface area contributed by atoms with Crippen molar-refractivity contribution in [2.75, 3.05) is 11.9 Å². The van der Waals surface area contributed by atoms with Crippen molar-refractivity contribution in [3.63, 3.8) is 0 Å². The van der Waals surface area contributed by atoms with E-state index in [0.29, 0.717) is 11.3 Å². The Morgan fingerprint density at radius 1 is 0.618 bits per heavy atom. The van der Waals surface area contributed by atoms with Crippen LogP contribution in [-0.4, -0.2) is 7.05 Å². The molecule has 0 spiro atoms. The summed E-state index contributed by atoms with van der Waals surface area (Å²) in [6, 6.07) is 34.1. The first-order valence-corrected chi connectivity index (χ1v) is 10.9. The zero-order valence-corrected chi connectivity index (χ0v) is 18.9. The maximum absolute atomic E-state index is 8.90. The third-order valence-electron chi connectivity index (χ3n) is 5.56. The minimum absolute atomic E-state index is 0.653. The molecule has 0 radical (unpaired) electrons. The van der Waals surface area contributed by atoms with Crippen LogP contribution >= 0.6 is 0 Å². The van der Waals surface area contributed by atoms with Gasteiger partial charge in [-0.1, -0.05) is 85.0 Å². The highest BCUT2D eigenvalue weighted by Gasteiger charge is 2.03. The van der Waals surface area contributed by atoms with E-state index in [4.69, 9.17) is 11.8 Å². The molecular weight excluding hydrogens is 414 g/mol. The molecule has 0 aliphatic carbocycles. The summed E-state index contributed by atoms with van der Waals surface area (Å²) in [5, 5.41) is 8.90. The van der Waals surface area contributed by atoms with E-state index in [1.807, 2.05) is 54.6 Å². The summed E-state index contributed by atoms with van der Waals surface area (Å²) in [7, 11) is 2.06. The van der Waals surface area contributed by atoms with Gasteiger partial charge in [0, 0.05) is 18.4 Å². The monoisotopic (exact) mass is 437 g/mol. The van der Waals surface area contributed by atoms with Crippen LogP contribution in [0.5, 0.6) is 0 Å². The van der Waals surface area contributed by atoms with E-state index in [9.17, 15) is 0 Å². The largest absolute Gasteiger partial charge is 0.345 e. The van der Waals surface area contributed by atoms with Gasteiger partial charge in [0.2, 0.25) is 0 Å². The van der Waals surface area contributed by atoms with Crippen LogP contribution in [0, 0.1) is 17.9 Å². The Morgan fingerprint density at radius 3 is 1.32 bits per heavy atom. The lowest BCUT2D eigenvalue weighted by Gasteiger charge is -2.19. The molecule has 0 saturated heterocycles. The number of hydrogen-bond donors (Lipinski definition) is 0. The second-order valence-corrected chi connectivity index (χ2v) is 7.85. The van der Waals surface area contributed by atoms with Gasteiger partial charge in [-0.05, 0) is 58.7 Å². The molecule has 162 valence electrons. The topological polar surface area (TPSA) is 31.4 Å². The van der Waals surface area contributed by atoms with Crippen LogP contribution in [0.3, 0.4) is 0 Å². The fourth-order valence-electron chi connectivity index (χ4n) is 3.48. The van der Waals surface area contributed by atoms with E-state index < -0.39 is 0 Å². The molecular formula is C31H23N3. The first kappa shape index (κ1) is 22.3. The van der Waals surface area contributed by atoms with Crippen LogP contribution in [-0.2, 0) is 0 Å². The lowest BCUT2D eigenvalue weighted by atomic mass is 10.1. The van der Waals surface area contributed by atoms with Crippen molar-refractivity contribution in [3.05, 3.63) is 136 Å². The molecule has 4 rings (SSSR count). The lowest BCUT2D eigenvalue weighted by Crippen LogP contribution is -2.08. The number of nitrogens with zero attached hydrogens (tertiary/aromatic N) is 3. The standard InChI is InChI=1S/C31H23N3/c1-33-29-17-11-25(12-18-29)4-6-27-15-21-31(22-16-27)34(2)30-19-13-26(14-20-30)5-3-24-7-9-28(23-32)10-8-24/h3-22H,2H3/b5-3+,6-4+. The third kappa shape index (κ3) is 5.68. The molecule has 0 N–H and O–H groups in total. The van der Waals surface area contributed by atoms with Gasteiger partial charge in [0.1, 0.15) is 0 Å². The molecule has 0 amide bonds. The summed E-state index contributed by atoms with van der Waals surface area (Å²) in [4.78, 5) is 5.58. The summed E-state index contributed by atoms with van der Waals surface area (Å²) >= 11 is 0. The second-order valence-electron chi connectivity index (χ2n) is 7.85. The van der Waals surface area contributed by atoms with Gasteiger partial charge in [-0.15, -0.1) is 0 Å². The quantitative estimate of drug-likeness (QED) is 0.225. The molecule has 4 aromatic rings. The van der Waals surface area contributed by atoms with Crippen LogP contribution in [0.2, 0.25) is 0 Å². The SMILES string of the molecule is [C-]#[N+]c1ccc(/C=C/c2ccc(N(C)c3ccc(/C=C/c4ccc(C#N)cc4)cc3)cc2)cc1. The van der Waals surface area contributed by atoms with Crippen LogP contribution in [0.25, 0.3) is 29.1 Å². The average molecular weight is 438 g/mol. The van der Waals surface area contributed by atoms with E-state index >= 15 is 0 Å². The Bertz CT molecular complexity index is 1270. The first-order valence-electron chi connectivity index (χ1n) is 10.9. The van der Waals surface area contributed by atoms with E-state index in [0.717, 1.165) is 33.6 Å². The Balaban J connectivity index is 1.39. The molecule has 0 fully saturated rings. The lowest BCUT2D eigenvalue weighted by molar-refractivity contribution is 1.21. The smallest absolute Gasteiger partial charge is 0.187 e. The predicted molar refractivity (Wildman–Crippen MR) is 143 cm³/mol. The molecule has 0 aliphatic rings. The molecule has 0 saturated carbocycles. The van der Waals surface area contributed by atoms with Gasteiger partial charge in [0.05, 0.1) is 18.2 Å². The van der Waals surface area contributed by atoms with E-state index in [-0.39, 0.29) is 0 Å². The number of benzene rings is 4. The highest BCUT2D eigenvalue weighted by atomic mass is 15.1. The normalized spacial score (nSPS) is 10.8. The molecule has 4 aromatic carbocycles. The first-order chi connectivity index (χ1) is 16.6.